The molecule has 0 aliphatic rings. The van der Waals surface area contributed by atoms with Crippen LogP contribution in [-0.2, 0) is 9.59 Å². The number of quaternary nitrogens is 1. The summed E-state index contributed by atoms with van der Waals surface area (Å²) in [5.74, 6) is -2.12. The molecule has 0 rings (SSSR count). The molecule has 0 bridgehead atoms. The van der Waals surface area contributed by atoms with Crippen LogP contribution in [0.2, 0.25) is 0 Å². The molecule has 6 heteroatoms. The smallest absolute Gasteiger partial charge is 0.330 e. The van der Waals surface area contributed by atoms with Crippen molar-refractivity contribution < 1.29 is 25.1 Å². The number of nitrogens with two attached hydrogens (primary N) is 1. The molecule has 148 valence electrons. The van der Waals surface area contributed by atoms with Gasteiger partial charge in [0.05, 0.1) is 19.1 Å². The molecule has 0 unspecified atom stereocenters. The minimum atomic E-state index is -1.19. The number of nitrogens with one attached hydrogen (secondary N) is 1. The second-order valence-electron chi connectivity index (χ2n) is 4.73. The summed E-state index contributed by atoms with van der Waals surface area (Å²) in [6, 6.07) is 0. The lowest BCUT2D eigenvalue weighted by Gasteiger charge is -1.93. The van der Waals surface area contributed by atoms with Gasteiger partial charge in [-0.05, 0) is 31.6 Å². The third-order valence-electron chi connectivity index (χ3n) is 1.96. The lowest BCUT2D eigenvalue weighted by Crippen LogP contribution is -2.83. The lowest BCUT2D eigenvalue weighted by atomic mass is 10.4. The molecule has 0 radical (unpaired) electrons. The summed E-state index contributed by atoms with van der Waals surface area (Å²) in [7, 11) is 0. The molecule has 0 saturated heterocycles. The van der Waals surface area contributed by atoms with Gasteiger partial charge in [0.25, 0.3) is 0 Å². The average molecular weight is 367 g/mol. The number of carbonyl (C=O) groups is 2. The van der Waals surface area contributed by atoms with Crippen molar-refractivity contribution in [1.29, 1.82) is 0 Å². The number of hydrogen-bond acceptors (Lipinski definition) is 4. The third-order valence-corrected chi connectivity index (χ3v) is 1.96. The standard InChI is InChI=1S/2C6H11N.2C4H6O2/c2*1-3-5-7-6-4-2;2*1-3(2)4(5)6/h2*3-4,7H,1-2,5-6H2;2*1H2,2H3,(H,5,6). The van der Waals surface area contributed by atoms with Gasteiger partial charge < -0.3 is 25.6 Å². The first kappa shape index (κ1) is 31.1. The zero-order valence-electron chi connectivity index (χ0n) is 16.1. The molecule has 0 amide bonds. The van der Waals surface area contributed by atoms with E-state index in [-0.39, 0.29) is 11.1 Å². The molecule has 0 aromatic heterocycles. The van der Waals surface area contributed by atoms with Crippen LogP contribution in [0.5, 0.6) is 0 Å². The van der Waals surface area contributed by atoms with Gasteiger partial charge >= 0.3 is 5.97 Å². The van der Waals surface area contributed by atoms with Crippen LogP contribution >= 0.6 is 0 Å². The van der Waals surface area contributed by atoms with Crippen LogP contribution in [0.1, 0.15) is 13.8 Å². The Morgan fingerprint density at radius 2 is 1.23 bits per heavy atom. The van der Waals surface area contributed by atoms with E-state index in [4.69, 9.17) is 5.11 Å². The van der Waals surface area contributed by atoms with Crippen LogP contribution in [0.25, 0.3) is 0 Å². The highest BCUT2D eigenvalue weighted by molar-refractivity contribution is 5.84. The maximum atomic E-state index is 9.60. The number of rotatable bonds is 10. The number of aliphatic carboxylic acids is 2. The monoisotopic (exact) mass is 366 g/mol. The van der Waals surface area contributed by atoms with Crippen molar-refractivity contribution in [3.05, 3.63) is 74.9 Å². The van der Waals surface area contributed by atoms with Crippen molar-refractivity contribution in [3.8, 4) is 0 Å². The quantitative estimate of drug-likeness (QED) is 0.302. The van der Waals surface area contributed by atoms with Crippen LogP contribution < -0.4 is 15.7 Å². The van der Waals surface area contributed by atoms with Crippen molar-refractivity contribution in [2.45, 2.75) is 13.8 Å². The van der Waals surface area contributed by atoms with E-state index in [2.05, 4.69) is 50.1 Å². The molecule has 0 saturated carbocycles. The second-order valence-corrected chi connectivity index (χ2v) is 4.73. The summed E-state index contributed by atoms with van der Waals surface area (Å²) >= 11 is 0. The summed E-state index contributed by atoms with van der Waals surface area (Å²) < 4.78 is 0. The van der Waals surface area contributed by atoms with Crippen LogP contribution in [0, 0.1) is 0 Å². The third kappa shape index (κ3) is 49.6. The first-order valence-corrected chi connectivity index (χ1v) is 7.83. The van der Waals surface area contributed by atoms with Crippen LogP contribution in [-0.4, -0.2) is 43.2 Å². The zero-order valence-corrected chi connectivity index (χ0v) is 16.1. The molecule has 4 N–H and O–H groups in total. The topological polar surface area (TPSA) is 106 Å². The Balaban J connectivity index is -0.000000124. The van der Waals surface area contributed by atoms with E-state index < -0.39 is 11.9 Å². The molecule has 0 spiro atoms. The van der Waals surface area contributed by atoms with Crippen molar-refractivity contribution in [3.63, 3.8) is 0 Å². The Kier molecular flexibility index (Phi) is 32.5. The van der Waals surface area contributed by atoms with Crippen molar-refractivity contribution in [1.82, 2.24) is 5.32 Å². The Bertz CT molecular complexity index is 373. The summed E-state index contributed by atoms with van der Waals surface area (Å²) in [5, 5.41) is 22.6. The largest absolute Gasteiger partial charge is 0.545 e. The van der Waals surface area contributed by atoms with E-state index in [1.54, 1.807) is 0 Å². The van der Waals surface area contributed by atoms with Gasteiger partial charge in [0, 0.05) is 18.7 Å². The first-order chi connectivity index (χ1) is 12.1. The zero-order chi connectivity index (χ0) is 21.4. The molecule has 0 heterocycles. The molecule has 0 aromatic carbocycles. The fraction of sp³-hybridized carbons (Fsp3) is 0.300. The van der Waals surface area contributed by atoms with E-state index in [0.717, 1.165) is 26.2 Å². The van der Waals surface area contributed by atoms with Gasteiger partial charge in [-0.15, -0.1) is 13.2 Å². The van der Waals surface area contributed by atoms with Crippen molar-refractivity contribution in [2.75, 3.05) is 26.2 Å². The Morgan fingerprint density at radius 1 is 0.923 bits per heavy atom. The normalized spacial score (nSPS) is 7.77. The molecule has 0 aromatic rings. The maximum Gasteiger partial charge on any atom is 0.330 e. The average Bonchev–Trinajstić information content (AvgIpc) is 2.57. The lowest BCUT2D eigenvalue weighted by molar-refractivity contribution is -0.636. The van der Waals surface area contributed by atoms with Gasteiger partial charge in [0.2, 0.25) is 0 Å². The summed E-state index contributed by atoms with van der Waals surface area (Å²) in [6.45, 7) is 27.0. The highest BCUT2D eigenvalue weighted by Gasteiger charge is 1.90. The number of carboxylic acid groups (broad SMARTS) is 2. The van der Waals surface area contributed by atoms with Gasteiger partial charge in [0.15, 0.2) is 0 Å². The molecule has 0 aliphatic heterocycles. The van der Waals surface area contributed by atoms with Crippen molar-refractivity contribution in [2.24, 2.45) is 0 Å². The van der Waals surface area contributed by atoms with E-state index >= 15 is 0 Å². The number of carbonyl (C=O) groups excluding carboxylic acids is 1. The van der Waals surface area contributed by atoms with Gasteiger partial charge in [-0.2, -0.15) is 0 Å². The van der Waals surface area contributed by atoms with E-state index in [1.165, 1.54) is 13.8 Å². The second kappa shape index (κ2) is 27.2. The predicted octanol–water partition coefficient (Wildman–Crippen LogP) is 0.829. The molecule has 0 atom stereocenters. The fourth-order valence-corrected chi connectivity index (χ4v) is 0.619. The molecule has 0 fully saturated rings. The van der Waals surface area contributed by atoms with Crippen LogP contribution in [0.15, 0.2) is 74.9 Å². The fourth-order valence-electron chi connectivity index (χ4n) is 0.619. The SMILES string of the molecule is C=C(C)C(=O)O.C=C(C)C(=O)[O-].C=CCNCC=C.C=CC[NH2+]CC=C. The maximum absolute atomic E-state index is 9.60. The van der Waals surface area contributed by atoms with Crippen LogP contribution in [0.4, 0.5) is 0 Å². The predicted molar refractivity (Wildman–Crippen MR) is 108 cm³/mol. The molecule has 26 heavy (non-hydrogen) atoms. The Morgan fingerprint density at radius 3 is 1.38 bits per heavy atom. The minimum absolute atomic E-state index is 0.0648. The summed E-state index contributed by atoms with van der Waals surface area (Å²) in [6.07, 6.45) is 7.40. The molecule has 0 aliphatic carbocycles. The summed E-state index contributed by atoms with van der Waals surface area (Å²) in [5.41, 5.74) is 0.241. The van der Waals surface area contributed by atoms with Crippen LogP contribution in [0.3, 0.4) is 0 Å². The van der Waals surface area contributed by atoms with Gasteiger partial charge in [-0.25, -0.2) is 4.79 Å². The van der Waals surface area contributed by atoms with E-state index in [1.807, 2.05) is 24.3 Å². The number of hydrogen-bond donors (Lipinski definition) is 3. The van der Waals surface area contributed by atoms with Gasteiger partial charge in [-0.1, -0.05) is 38.5 Å². The highest BCUT2D eigenvalue weighted by Crippen LogP contribution is 1.81. The Hall–Kier alpha value is -2.70. The first-order valence-electron chi connectivity index (χ1n) is 7.83. The number of carboxylic acids is 2. The van der Waals surface area contributed by atoms with E-state index in [9.17, 15) is 14.7 Å². The molecular formula is C20H34N2O4. The molecular weight excluding hydrogens is 332 g/mol. The minimum Gasteiger partial charge on any atom is -0.545 e. The van der Waals surface area contributed by atoms with Crippen molar-refractivity contribution >= 4 is 11.9 Å². The Labute approximate surface area is 158 Å². The highest BCUT2D eigenvalue weighted by atomic mass is 16.4. The summed E-state index contributed by atoms with van der Waals surface area (Å²) in [4.78, 5) is 19.1. The molecule has 6 nitrogen and oxygen atoms in total. The van der Waals surface area contributed by atoms with Gasteiger partial charge in [-0.3, -0.25) is 0 Å². The van der Waals surface area contributed by atoms with Gasteiger partial charge in [0.1, 0.15) is 0 Å². The van der Waals surface area contributed by atoms with E-state index in [0.29, 0.717) is 0 Å².